The third-order valence-corrected chi connectivity index (χ3v) is 5.55. The molecule has 0 fully saturated rings. The lowest BCUT2D eigenvalue weighted by molar-refractivity contribution is 0.0294. The van der Waals surface area contributed by atoms with Gasteiger partial charge in [-0.15, -0.1) is 0 Å². The van der Waals surface area contributed by atoms with E-state index in [1.54, 1.807) is 6.92 Å². The van der Waals surface area contributed by atoms with Crippen LogP contribution in [-0.4, -0.2) is 43.2 Å². The fourth-order valence-corrected chi connectivity index (χ4v) is 3.83. The van der Waals surface area contributed by atoms with Crippen LogP contribution in [-0.2, 0) is 25.0 Å². The van der Waals surface area contributed by atoms with E-state index in [1.165, 1.54) is 32.1 Å². The Kier molecular flexibility index (Phi) is 12.1. The standard InChI is InChI=1S/C15H32O7S2/c1-3-4-5-6-7-8-9-10-11-14(2)22-15(24(19,20)21)12-13-23(16,17)18/h14-15H,3-13H2,1-2H3,(H,16,17,18)(H,19,20,21). The maximum absolute atomic E-state index is 11.2. The van der Waals surface area contributed by atoms with Gasteiger partial charge in [0.05, 0.1) is 11.9 Å². The van der Waals surface area contributed by atoms with E-state index in [1.807, 2.05) is 0 Å². The average Bonchev–Trinajstić information content (AvgIpc) is 2.44. The summed E-state index contributed by atoms with van der Waals surface area (Å²) in [6.45, 7) is 3.87. The van der Waals surface area contributed by atoms with Crippen LogP contribution in [0.1, 0.15) is 78.1 Å². The van der Waals surface area contributed by atoms with Gasteiger partial charge >= 0.3 is 0 Å². The number of ether oxygens (including phenoxy) is 1. The highest BCUT2D eigenvalue weighted by molar-refractivity contribution is 7.87. The van der Waals surface area contributed by atoms with E-state index in [0.717, 1.165) is 19.3 Å². The molecule has 2 N–H and O–H groups in total. The maximum Gasteiger partial charge on any atom is 0.292 e. The molecule has 146 valence electrons. The molecule has 0 aromatic rings. The van der Waals surface area contributed by atoms with Gasteiger partial charge in [-0.1, -0.05) is 58.3 Å². The van der Waals surface area contributed by atoms with Crippen molar-refractivity contribution in [1.82, 2.24) is 0 Å². The molecule has 9 heteroatoms. The van der Waals surface area contributed by atoms with Gasteiger partial charge in [0.1, 0.15) is 0 Å². The molecule has 0 rings (SSSR count). The van der Waals surface area contributed by atoms with Gasteiger partial charge in [-0.2, -0.15) is 16.8 Å². The number of rotatable bonds is 15. The molecule has 0 aromatic carbocycles. The monoisotopic (exact) mass is 388 g/mol. The molecule has 0 aliphatic heterocycles. The summed E-state index contributed by atoms with van der Waals surface area (Å²) >= 11 is 0. The first-order valence-corrected chi connectivity index (χ1v) is 11.7. The second-order valence-electron chi connectivity index (χ2n) is 6.23. The second-order valence-corrected chi connectivity index (χ2v) is 9.36. The minimum atomic E-state index is -4.53. The van der Waals surface area contributed by atoms with Gasteiger partial charge in [-0.3, -0.25) is 9.11 Å². The van der Waals surface area contributed by atoms with E-state index in [9.17, 15) is 16.8 Å². The Morgan fingerprint density at radius 3 is 1.79 bits per heavy atom. The SMILES string of the molecule is CCCCCCCCCCC(C)OC(CCS(=O)(=O)O)S(=O)(=O)O. The van der Waals surface area contributed by atoms with Crippen LogP contribution in [0, 0.1) is 0 Å². The Hall–Kier alpha value is -0.220. The van der Waals surface area contributed by atoms with Crippen molar-refractivity contribution < 1.29 is 30.7 Å². The van der Waals surface area contributed by atoms with Crippen molar-refractivity contribution >= 4 is 20.2 Å². The third kappa shape index (κ3) is 14.2. The van der Waals surface area contributed by atoms with Crippen LogP contribution in [0.25, 0.3) is 0 Å². The first kappa shape index (κ1) is 23.8. The van der Waals surface area contributed by atoms with Crippen molar-refractivity contribution in [3.63, 3.8) is 0 Å². The summed E-state index contributed by atoms with van der Waals surface area (Å²) in [6.07, 6.45) is 8.93. The van der Waals surface area contributed by atoms with E-state index in [-0.39, 0.29) is 0 Å². The van der Waals surface area contributed by atoms with Crippen LogP contribution < -0.4 is 0 Å². The van der Waals surface area contributed by atoms with Crippen LogP contribution in [0.5, 0.6) is 0 Å². The zero-order chi connectivity index (χ0) is 18.6. The molecule has 0 amide bonds. The lowest BCUT2D eigenvalue weighted by Gasteiger charge is -2.19. The van der Waals surface area contributed by atoms with E-state index < -0.39 is 43.9 Å². The molecular formula is C15H32O7S2. The zero-order valence-corrected chi connectivity index (χ0v) is 16.3. The smallest absolute Gasteiger partial charge is 0.292 e. The fraction of sp³-hybridized carbons (Fsp3) is 1.00. The topological polar surface area (TPSA) is 118 Å². The maximum atomic E-state index is 11.2. The predicted octanol–water partition coefficient (Wildman–Crippen LogP) is 3.41. The first-order valence-electron chi connectivity index (χ1n) is 8.63. The molecule has 0 saturated carbocycles. The Bertz CT molecular complexity index is 514. The normalized spacial score (nSPS) is 15.3. The van der Waals surface area contributed by atoms with E-state index in [0.29, 0.717) is 6.42 Å². The van der Waals surface area contributed by atoms with Gasteiger partial charge in [0.15, 0.2) is 5.44 Å². The molecule has 2 unspecified atom stereocenters. The summed E-state index contributed by atoms with van der Waals surface area (Å²) in [5, 5.41) is 0. The van der Waals surface area contributed by atoms with Crippen LogP contribution in [0.4, 0.5) is 0 Å². The highest BCUT2D eigenvalue weighted by atomic mass is 32.2. The second kappa shape index (κ2) is 12.2. The van der Waals surface area contributed by atoms with Gasteiger partial charge in [-0.25, -0.2) is 0 Å². The summed E-state index contributed by atoms with van der Waals surface area (Å²) in [6, 6.07) is 0. The molecule has 0 aliphatic carbocycles. The minimum Gasteiger partial charge on any atom is -0.357 e. The van der Waals surface area contributed by atoms with Gasteiger partial charge in [0, 0.05) is 6.42 Å². The number of hydrogen-bond acceptors (Lipinski definition) is 5. The van der Waals surface area contributed by atoms with Crippen LogP contribution in [0.2, 0.25) is 0 Å². The molecule has 2 atom stereocenters. The molecule has 24 heavy (non-hydrogen) atoms. The lowest BCUT2D eigenvalue weighted by atomic mass is 10.1. The highest BCUT2D eigenvalue weighted by Gasteiger charge is 2.27. The van der Waals surface area contributed by atoms with Crippen molar-refractivity contribution in [3.8, 4) is 0 Å². The molecule has 0 spiro atoms. The Labute approximate surface area is 146 Å². The molecule has 0 aliphatic rings. The van der Waals surface area contributed by atoms with Gasteiger partial charge in [0.2, 0.25) is 0 Å². The summed E-state index contributed by atoms with van der Waals surface area (Å²) in [5.74, 6) is -0.776. The Morgan fingerprint density at radius 1 is 0.833 bits per heavy atom. The molecule has 7 nitrogen and oxygen atoms in total. The lowest BCUT2D eigenvalue weighted by Crippen LogP contribution is -2.30. The van der Waals surface area contributed by atoms with Crippen molar-refractivity contribution in [1.29, 1.82) is 0 Å². The summed E-state index contributed by atoms with van der Waals surface area (Å²) in [5.41, 5.74) is -1.64. The number of hydrogen-bond donors (Lipinski definition) is 2. The van der Waals surface area contributed by atoms with Crippen LogP contribution in [0.15, 0.2) is 0 Å². The molecule has 0 saturated heterocycles. The van der Waals surface area contributed by atoms with Gasteiger partial charge < -0.3 is 4.74 Å². The summed E-state index contributed by atoms with van der Waals surface area (Å²) < 4.78 is 66.9. The quantitative estimate of drug-likeness (QED) is 0.326. The zero-order valence-electron chi connectivity index (χ0n) is 14.7. The molecule has 0 bridgehead atoms. The molecule has 0 aromatic heterocycles. The number of unbranched alkanes of at least 4 members (excludes halogenated alkanes) is 7. The Balaban J connectivity index is 4.04. The van der Waals surface area contributed by atoms with Crippen molar-refractivity contribution in [2.45, 2.75) is 89.6 Å². The van der Waals surface area contributed by atoms with Crippen LogP contribution in [0.3, 0.4) is 0 Å². The summed E-state index contributed by atoms with van der Waals surface area (Å²) in [4.78, 5) is 0. The van der Waals surface area contributed by atoms with Crippen molar-refractivity contribution in [2.24, 2.45) is 0 Å². The highest BCUT2D eigenvalue weighted by Crippen LogP contribution is 2.16. The van der Waals surface area contributed by atoms with Gasteiger partial charge in [-0.05, 0) is 13.3 Å². The average molecular weight is 389 g/mol. The Morgan fingerprint density at radius 2 is 1.33 bits per heavy atom. The molecule has 0 radical (unpaired) electrons. The van der Waals surface area contributed by atoms with E-state index >= 15 is 0 Å². The van der Waals surface area contributed by atoms with Crippen molar-refractivity contribution in [3.05, 3.63) is 0 Å². The summed E-state index contributed by atoms with van der Waals surface area (Å²) in [7, 11) is -8.83. The molecule has 0 heterocycles. The predicted molar refractivity (Wildman–Crippen MR) is 94.1 cm³/mol. The van der Waals surface area contributed by atoms with E-state index in [4.69, 9.17) is 13.8 Å². The molecular weight excluding hydrogens is 356 g/mol. The minimum absolute atomic E-state index is 0.418. The van der Waals surface area contributed by atoms with Gasteiger partial charge in [0.25, 0.3) is 20.2 Å². The first-order chi connectivity index (χ1) is 11.1. The largest absolute Gasteiger partial charge is 0.357 e. The third-order valence-electron chi connectivity index (χ3n) is 3.79. The van der Waals surface area contributed by atoms with Crippen molar-refractivity contribution in [2.75, 3.05) is 5.75 Å². The van der Waals surface area contributed by atoms with E-state index in [2.05, 4.69) is 6.92 Å². The fourth-order valence-electron chi connectivity index (χ4n) is 2.43. The van der Waals surface area contributed by atoms with Crippen LogP contribution >= 0.6 is 0 Å².